The van der Waals surface area contributed by atoms with E-state index < -0.39 is 5.60 Å². The predicted octanol–water partition coefficient (Wildman–Crippen LogP) is 3.52. The Morgan fingerprint density at radius 1 is 1.34 bits per heavy atom. The second-order valence-electron chi connectivity index (χ2n) is 8.11. The van der Waals surface area contributed by atoms with Gasteiger partial charge in [0.1, 0.15) is 5.65 Å². The van der Waals surface area contributed by atoms with Crippen LogP contribution in [0.2, 0.25) is 0 Å². The molecule has 1 saturated heterocycles. The van der Waals surface area contributed by atoms with Gasteiger partial charge in [0, 0.05) is 24.2 Å². The average molecular weight is 473 g/mol. The normalized spacial score (nSPS) is 17.2. The summed E-state index contributed by atoms with van der Waals surface area (Å²) in [5, 5.41) is 4.29. The largest absolute Gasteiger partial charge is 0.462 e. The van der Waals surface area contributed by atoms with E-state index in [-0.39, 0.29) is 5.97 Å². The summed E-state index contributed by atoms with van der Waals surface area (Å²) in [6.07, 6.45) is 11.7. The molecule has 0 atom stereocenters. The molecule has 168 valence electrons. The van der Waals surface area contributed by atoms with E-state index in [4.69, 9.17) is 31.4 Å². The van der Waals surface area contributed by atoms with Crippen molar-refractivity contribution in [2.45, 2.75) is 37.8 Å². The minimum atomic E-state index is -0.613. The lowest BCUT2D eigenvalue weighted by molar-refractivity contribution is -0.171. The number of hydrogen-bond donors (Lipinski definition) is 0. The summed E-state index contributed by atoms with van der Waals surface area (Å²) in [4.78, 5) is 16.8. The first-order valence-electron chi connectivity index (χ1n) is 10.6. The number of fused-ring (bicyclic) bond motifs is 1. The number of thioether (sulfide) groups is 1. The molecule has 0 amide bonds. The number of ether oxygens (including phenoxy) is 3. The molecular formula is C22H24N4O4S2. The second-order valence-corrected chi connectivity index (χ2v) is 9.52. The van der Waals surface area contributed by atoms with Crippen molar-refractivity contribution in [2.24, 2.45) is 0 Å². The van der Waals surface area contributed by atoms with Crippen molar-refractivity contribution < 1.29 is 19.0 Å². The molecule has 0 spiro atoms. The monoisotopic (exact) mass is 472 g/mol. The van der Waals surface area contributed by atoms with Gasteiger partial charge in [-0.3, -0.25) is 4.68 Å². The van der Waals surface area contributed by atoms with Crippen molar-refractivity contribution in [3.05, 3.63) is 53.2 Å². The summed E-state index contributed by atoms with van der Waals surface area (Å²) >= 11 is 6.78. The highest BCUT2D eigenvalue weighted by Crippen LogP contribution is 2.44. The van der Waals surface area contributed by atoms with E-state index in [1.165, 1.54) is 36.4 Å². The molecule has 1 saturated carbocycles. The number of pyridine rings is 1. The quantitative estimate of drug-likeness (QED) is 0.382. The van der Waals surface area contributed by atoms with Crippen LogP contribution in [0, 0.1) is 0 Å². The van der Waals surface area contributed by atoms with Gasteiger partial charge in [0.25, 0.3) is 0 Å². The van der Waals surface area contributed by atoms with Crippen LogP contribution in [0.1, 0.15) is 52.9 Å². The Hall–Kier alpha value is -2.43. The predicted molar refractivity (Wildman–Crippen MR) is 124 cm³/mol. The standard InChI is InChI=1S/C22H24N4O4S2/c1-3-29-20(27)16-7-23-26(9-16)11-17-10-25-8-15(14-4-5-14)6-18(19(25)24-17)22(12-28-13-22)30-21(31)32-2/h6-10,14H,3-5,11-13H2,1-2H3. The summed E-state index contributed by atoms with van der Waals surface area (Å²) in [5.74, 6) is 0.201. The lowest BCUT2D eigenvalue weighted by Crippen LogP contribution is -2.50. The van der Waals surface area contributed by atoms with E-state index in [1.807, 2.05) is 12.5 Å². The van der Waals surface area contributed by atoms with Crippen LogP contribution in [0.3, 0.4) is 0 Å². The number of rotatable bonds is 7. The van der Waals surface area contributed by atoms with Gasteiger partial charge in [-0.1, -0.05) is 11.8 Å². The number of carbonyl (C=O) groups is 1. The third-order valence-electron chi connectivity index (χ3n) is 5.75. The fraction of sp³-hybridized carbons (Fsp3) is 0.455. The molecule has 3 aromatic heterocycles. The van der Waals surface area contributed by atoms with Crippen molar-refractivity contribution in [1.82, 2.24) is 19.2 Å². The number of nitrogens with zero attached hydrogens (tertiary/aromatic N) is 4. The molecule has 32 heavy (non-hydrogen) atoms. The Kier molecular flexibility index (Phi) is 5.68. The maximum Gasteiger partial charge on any atom is 0.341 e. The van der Waals surface area contributed by atoms with Gasteiger partial charge in [-0.05, 0) is 55.8 Å². The lowest BCUT2D eigenvalue weighted by Gasteiger charge is -2.41. The smallest absolute Gasteiger partial charge is 0.341 e. The zero-order chi connectivity index (χ0) is 22.3. The molecule has 0 bridgehead atoms. The van der Waals surface area contributed by atoms with E-state index in [1.54, 1.807) is 17.8 Å². The highest BCUT2D eigenvalue weighted by atomic mass is 32.2. The van der Waals surface area contributed by atoms with Crippen molar-refractivity contribution >= 4 is 40.0 Å². The topological polar surface area (TPSA) is 79.9 Å². The van der Waals surface area contributed by atoms with Gasteiger partial charge in [-0.15, -0.1) is 0 Å². The summed E-state index contributed by atoms with van der Waals surface area (Å²) in [5.41, 5.74) is 3.76. The van der Waals surface area contributed by atoms with E-state index in [9.17, 15) is 4.79 Å². The molecule has 0 radical (unpaired) electrons. The maximum atomic E-state index is 11.9. The second kappa shape index (κ2) is 8.49. The molecular weight excluding hydrogens is 448 g/mol. The van der Waals surface area contributed by atoms with Crippen LogP contribution in [0.5, 0.6) is 0 Å². The maximum absolute atomic E-state index is 11.9. The first kappa shape index (κ1) is 21.4. The van der Waals surface area contributed by atoms with E-state index in [2.05, 4.69) is 21.8 Å². The third-order valence-corrected chi connectivity index (χ3v) is 6.75. The van der Waals surface area contributed by atoms with Gasteiger partial charge in [-0.2, -0.15) is 5.10 Å². The van der Waals surface area contributed by atoms with Gasteiger partial charge >= 0.3 is 5.97 Å². The molecule has 4 heterocycles. The van der Waals surface area contributed by atoms with Gasteiger partial charge in [-0.25, -0.2) is 9.78 Å². The number of thiocarbonyl (C=S) groups is 1. The highest BCUT2D eigenvalue weighted by Gasteiger charge is 2.46. The number of esters is 1. The molecule has 0 unspecified atom stereocenters. The zero-order valence-electron chi connectivity index (χ0n) is 17.9. The summed E-state index contributed by atoms with van der Waals surface area (Å²) < 4.78 is 21.1. The molecule has 0 N–H and O–H groups in total. The molecule has 5 rings (SSSR count). The van der Waals surface area contributed by atoms with Crippen molar-refractivity contribution in [1.29, 1.82) is 0 Å². The Balaban J connectivity index is 1.50. The van der Waals surface area contributed by atoms with Crippen LogP contribution >= 0.6 is 24.0 Å². The van der Waals surface area contributed by atoms with E-state index in [0.717, 1.165) is 16.9 Å². The summed E-state index contributed by atoms with van der Waals surface area (Å²) in [6.45, 7) is 3.44. The molecule has 10 heteroatoms. The Labute approximate surface area is 195 Å². The number of carbonyl (C=O) groups excluding carboxylic acids is 1. The average Bonchev–Trinajstić information content (AvgIpc) is 3.37. The van der Waals surface area contributed by atoms with Crippen LogP contribution in [-0.2, 0) is 26.4 Å². The summed E-state index contributed by atoms with van der Waals surface area (Å²) in [7, 11) is 0. The number of aromatic nitrogens is 4. The van der Waals surface area contributed by atoms with E-state index in [0.29, 0.717) is 42.2 Å². The number of imidazole rings is 1. The van der Waals surface area contributed by atoms with Gasteiger partial charge < -0.3 is 18.6 Å². The van der Waals surface area contributed by atoms with Crippen molar-refractivity contribution in [3.63, 3.8) is 0 Å². The molecule has 2 aliphatic rings. The van der Waals surface area contributed by atoms with Crippen LogP contribution in [-0.4, -0.2) is 55.6 Å². The van der Waals surface area contributed by atoms with Gasteiger partial charge in [0.05, 0.1) is 43.8 Å². The first-order chi connectivity index (χ1) is 15.5. The van der Waals surface area contributed by atoms with Crippen LogP contribution in [0.15, 0.2) is 30.9 Å². The van der Waals surface area contributed by atoms with E-state index >= 15 is 0 Å². The van der Waals surface area contributed by atoms with Crippen LogP contribution in [0.25, 0.3) is 5.65 Å². The van der Waals surface area contributed by atoms with Gasteiger partial charge in [0.15, 0.2) is 5.60 Å². The molecule has 8 nitrogen and oxygen atoms in total. The number of hydrogen-bond acceptors (Lipinski definition) is 8. The Morgan fingerprint density at radius 2 is 2.16 bits per heavy atom. The fourth-order valence-corrected chi connectivity index (χ4v) is 4.32. The summed E-state index contributed by atoms with van der Waals surface area (Å²) in [6, 6.07) is 2.21. The van der Waals surface area contributed by atoms with Crippen LogP contribution < -0.4 is 0 Å². The first-order valence-corrected chi connectivity index (χ1v) is 12.2. The molecule has 1 aliphatic carbocycles. The fourth-order valence-electron chi connectivity index (χ4n) is 3.92. The lowest BCUT2D eigenvalue weighted by atomic mass is 9.91. The SMILES string of the molecule is CCOC(=O)c1cnn(Cc2cn3cc(C4CC4)cc(C4(OC(=S)SC)COC4)c3n2)c1. The van der Waals surface area contributed by atoms with Crippen LogP contribution in [0.4, 0.5) is 0 Å². The molecule has 2 fully saturated rings. The Morgan fingerprint density at radius 3 is 2.81 bits per heavy atom. The molecule has 0 aromatic carbocycles. The minimum Gasteiger partial charge on any atom is -0.462 e. The van der Waals surface area contributed by atoms with Gasteiger partial charge in [0.2, 0.25) is 4.38 Å². The van der Waals surface area contributed by atoms with Crippen molar-refractivity contribution in [2.75, 3.05) is 26.1 Å². The Bertz CT molecular complexity index is 1180. The third kappa shape index (κ3) is 4.02. The molecule has 3 aromatic rings. The minimum absolute atomic E-state index is 0.329. The zero-order valence-corrected chi connectivity index (χ0v) is 19.6. The molecule has 1 aliphatic heterocycles. The highest BCUT2D eigenvalue weighted by molar-refractivity contribution is 8.22. The van der Waals surface area contributed by atoms with Crippen molar-refractivity contribution in [3.8, 4) is 0 Å².